The van der Waals surface area contributed by atoms with Crippen LogP contribution in [0, 0.1) is 0 Å². The van der Waals surface area contributed by atoms with Crippen molar-refractivity contribution in [1.29, 1.82) is 0 Å². The van der Waals surface area contributed by atoms with E-state index in [1.807, 2.05) is 0 Å². The number of hydrogen-bond acceptors (Lipinski definition) is 4. The Morgan fingerprint density at radius 2 is 2.50 bits per heavy atom. The Morgan fingerprint density at radius 1 is 1.70 bits per heavy atom. The Labute approximate surface area is 62.2 Å². The maximum atomic E-state index is 8.10. The first-order valence-corrected chi connectivity index (χ1v) is 2.85. The summed E-state index contributed by atoms with van der Waals surface area (Å²) in [5.74, 6) is 0. The lowest BCUT2D eigenvalue weighted by atomic mass is 10.4. The highest BCUT2D eigenvalue weighted by Gasteiger charge is 1.95. The van der Waals surface area contributed by atoms with E-state index in [1.54, 1.807) is 0 Å². The van der Waals surface area contributed by atoms with Crippen LogP contribution in [-0.4, -0.2) is 21.4 Å². The Hall–Kier alpha value is -1.16. The van der Waals surface area contributed by atoms with Crippen molar-refractivity contribution in [3.05, 3.63) is 23.2 Å². The van der Waals surface area contributed by atoms with Gasteiger partial charge in [-0.1, -0.05) is 16.8 Å². The summed E-state index contributed by atoms with van der Waals surface area (Å²) in [6, 6.07) is 0. The third-order valence-corrected chi connectivity index (χ3v) is 1.20. The van der Waals surface area contributed by atoms with Crippen LogP contribution in [0.3, 0.4) is 0 Å². The van der Waals surface area contributed by atoms with E-state index in [1.165, 1.54) is 18.7 Å². The number of oxime groups is 1. The first-order valence-electron chi connectivity index (χ1n) is 2.47. The number of hydrogen-bond donors (Lipinski definition) is 1. The van der Waals surface area contributed by atoms with Gasteiger partial charge in [-0.25, -0.2) is 9.97 Å². The molecule has 0 fully saturated rings. The summed E-state index contributed by atoms with van der Waals surface area (Å²) < 4.78 is 0. The summed E-state index contributed by atoms with van der Waals surface area (Å²) in [4.78, 5) is 7.32. The fraction of sp³-hybridized carbons (Fsp3) is 0. The predicted octanol–water partition coefficient (Wildman–Crippen LogP) is 0.938. The van der Waals surface area contributed by atoms with E-state index in [9.17, 15) is 0 Å². The second-order valence-corrected chi connectivity index (χ2v) is 1.87. The molecule has 1 aromatic rings. The summed E-state index contributed by atoms with van der Waals surface area (Å²) in [6.45, 7) is 0. The second kappa shape index (κ2) is 3.12. The van der Waals surface area contributed by atoms with Gasteiger partial charge < -0.3 is 5.21 Å². The van der Waals surface area contributed by atoms with Gasteiger partial charge in [0.05, 0.1) is 11.8 Å². The van der Waals surface area contributed by atoms with E-state index < -0.39 is 0 Å². The van der Waals surface area contributed by atoms with Gasteiger partial charge in [-0.15, -0.1) is 0 Å². The predicted molar refractivity (Wildman–Crippen MR) is 36.4 cm³/mol. The molecule has 0 radical (unpaired) electrons. The minimum absolute atomic E-state index is 0.271. The van der Waals surface area contributed by atoms with Crippen LogP contribution in [0.4, 0.5) is 0 Å². The Bertz CT molecular complexity index is 250. The largest absolute Gasteiger partial charge is 0.411 e. The minimum atomic E-state index is 0.271. The highest BCUT2D eigenvalue weighted by atomic mass is 35.5. The molecule has 0 spiro atoms. The third-order valence-electron chi connectivity index (χ3n) is 0.886. The third kappa shape index (κ3) is 1.41. The molecule has 0 bridgehead atoms. The summed E-state index contributed by atoms with van der Waals surface area (Å²) >= 11 is 5.55. The fourth-order valence-electron chi connectivity index (χ4n) is 0.474. The fourth-order valence-corrected chi connectivity index (χ4v) is 0.615. The molecule has 4 nitrogen and oxygen atoms in total. The van der Waals surface area contributed by atoms with Gasteiger partial charge in [0.2, 0.25) is 0 Å². The van der Waals surface area contributed by atoms with Crippen LogP contribution in [0.2, 0.25) is 5.15 Å². The van der Waals surface area contributed by atoms with Gasteiger partial charge in [0.25, 0.3) is 0 Å². The monoisotopic (exact) mass is 157 g/mol. The van der Waals surface area contributed by atoms with Crippen LogP contribution in [0.15, 0.2) is 17.7 Å². The molecular weight excluding hydrogens is 154 g/mol. The molecule has 52 valence electrons. The molecule has 0 aliphatic carbocycles. The SMILES string of the molecule is O/N=C/c1cncnc1Cl. The maximum Gasteiger partial charge on any atom is 0.141 e. The van der Waals surface area contributed by atoms with E-state index in [2.05, 4.69) is 15.1 Å². The van der Waals surface area contributed by atoms with Crippen molar-refractivity contribution in [3.63, 3.8) is 0 Å². The highest BCUT2D eigenvalue weighted by molar-refractivity contribution is 6.31. The summed E-state index contributed by atoms with van der Waals surface area (Å²) in [7, 11) is 0. The molecule has 0 amide bonds. The first kappa shape index (κ1) is 6.95. The van der Waals surface area contributed by atoms with Crippen LogP contribution < -0.4 is 0 Å². The standard InChI is InChI=1S/C5H4ClN3O/c6-5-4(2-9-10)1-7-3-8-5/h1-3,10H/b9-2+. The van der Waals surface area contributed by atoms with Gasteiger partial charge in [0.15, 0.2) is 0 Å². The van der Waals surface area contributed by atoms with Crippen LogP contribution in [0.25, 0.3) is 0 Å². The molecule has 0 aliphatic heterocycles. The van der Waals surface area contributed by atoms with E-state index >= 15 is 0 Å². The Balaban J connectivity index is 3.03. The molecule has 1 aromatic heterocycles. The molecule has 10 heavy (non-hydrogen) atoms. The summed E-state index contributed by atoms with van der Waals surface area (Å²) in [6.07, 6.45) is 3.94. The van der Waals surface area contributed by atoms with Crippen molar-refractivity contribution in [2.75, 3.05) is 0 Å². The highest BCUT2D eigenvalue weighted by Crippen LogP contribution is 2.06. The van der Waals surface area contributed by atoms with Gasteiger partial charge >= 0.3 is 0 Å². The molecule has 0 unspecified atom stereocenters. The zero-order valence-electron chi connectivity index (χ0n) is 4.90. The lowest BCUT2D eigenvalue weighted by molar-refractivity contribution is 0.322. The molecule has 0 atom stereocenters. The van der Waals surface area contributed by atoms with Crippen molar-refractivity contribution in [3.8, 4) is 0 Å². The van der Waals surface area contributed by atoms with E-state index in [4.69, 9.17) is 16.8 Å². The molecule has 1 heterocycles. The van der Waals surface area contributed by atoms with Crippen LogP contribution in [0.5, 0.6) is 0 Å². The van der Waals surface area contributed by atoms with Gasteiger partial charge in [0, 0.05) is 6.20 Å². The number of aromatic nitrogens is 2. The van der Waals surface area contributed by atoms with Gasteiger partial charge in [-0.05, 0) is 0 Å². The number of rotatable bonds is 1. The van der Waals surface area contributed by atoms with E-state index in [-0.39, 0.29) is 5.15 Å². The smallest absolute Gasteiger partial charge is 0.141 e. The molecular formula is C5H4ClN3O. The topological polar surface area (TPSA) is 58.4 Å². The van der Waals surface area contributed by atoms with Crippen molar-refractivity contribution in [1.82, 2.24) is 9.97 Å². The van der Waals surface area contributed by atoms with Crippen molar-refractivity contribution in [2.24, 2.45) is 5.16 Å². The lowest BCUT2D eigenvalue weighted by Gasteiger charge is -1.90. The zero-order chi connectivity index (χ0) is 7.40. The Morgan fingerprint density at radius 3 is 3.10 bits per heavy atom. The average Bonchev–Trinajstić information content (AvgIpc) is 1.94. The van der Waals surface area contributed by atoms with Crippen LogP contribution >= 0.6 is 11.6 Å². The second-order valence-electron chi connectivity index (χ2n) is 1.51. The quantitative estimate of drug-likeness (QED) is 0.286. The van der Waals surface area contributed by atoms with Gasteiger partial charge in [0.1, 0.15) is 11.5 Å². The van der Waals surface area contributed by atoms with Crippen molar-refractivity contribution >= 4 is 17.8 Å². The normalized spacial score (nSPS) is 10.5. The maximum absolute atomic E-state index is 8.10. The van der Waals surface area contributed by atoms with Gasteiger partial charge in [-0.3, -0.25) is 0 Å². The molecule has 1 rings (SSSR count). The molecule has 1 N–H and O–H groups in total. The molecule has 0 saturated carbocycles. The minimum Gasteiger partial charge on any atom is -0.411 e. The van der Waals surface area contributed by atoms with Crippen LogP contribution in [0.1, 0.15) is 5.56 Å². The van der Waals surface area contributed by atoms with Crippen molar-refractivity contribution in [2.45, 2.75) is 0 Å². The first-order chi connectivity index (χ1) is 4.84. The number of nitrogens with zero attached hydrogens (tertiary/aromatic N) is 3. The average molecular weight is 158 g/mol. The Kier molecular flexibility index (Phi) is 2.17. The zero-order valence-corrected chi connectivity index (χ0v) is 5.65. The van der Waals surface area contributed by atoms with Crippen molar-refractivity contribution < 1.29 is 5.21 Å². The van der Waals surface area contributed by atoms with Crippen LogP contribution in [-0.2, 0) is 0 Å². The lowest BCUT2D eigenvalue weighted by Crippen LogP contribution is -1.87. The van der Waals surface area contributed by atoms with E-state index in [0.717, 1.165) is 0 Å². The molecule has 0 aliphatic rings. The molecule has 0 saturated heterocycles. The van der Waals surface area contributed by atoms with Gasteiger partial charge in [-0.2, -0.15) is 0 Å². The molecule has 5 heteroatoms. The van der Waals surface area contributed by atoms with E-state index in [0.29, 0.717) is 5.56 Å². The molecule has 0 aromatic carbocycles. The summed E-state index contributed by atoms with van der Waals surface area (Å²) in [5.41, 5.74) is 0.492. The summed E-state index contributed by atoms with van der Waals surface area (Å²) in [5, 5.41) is 11.1. The number of halogens is 1.